The van der Waals surface area contributed by atoms with E-state index in [2.05, 4.69) is 0 Å². The van der Waals surface area contributed by atoms with Gasteiger partial charge in [-0.15, -0.1) is 0 Å². The Kier molecular flexibility index (Phi) is 6.42. The van der Waals surface area contributed by atoms with E-state index in [9.17, 15) is 30.4 Å². The molecule has 0 atom stereocenters. The van der Waals surface area contributed by atoms with Crippen LogP contribution in [-0.2, 0) is 10.0 Å². The maximum absolute atomic E-state index is 14.1. The van der Waals surface area contributed by atoms with E-state index in [0.717, 1.165) is 5.56 Å². The van der Waals surface area contributed by atoms with Gasteiger partial charge in [-0.25, -0.2) is 30.4 Å². The molecule has 0 saturated carbocycles. The Labute approximate surface area is 152 Å². The molecule has 10 heteroatoms. The van der Waals surface area contributed by atoms with Gasteiger partial charge < -0.3 is 5.11 Å². The third kappa shape index (κ3) is 4.06. The molecule has 2 aromatic carbocycles. The molecule has 27 heavy (non-hydrogen) atoms. The second-order valence-electron chi connectivity index (χ2n) is 5.74. The second-order valence-corrected chi connectivity index (χ2v) is 7.54. The van der Waals surface area contributed by atoms with Crippen LogP contribution in [0.2, 0.25) is 0 Å². The average molecular weight is 409 g/mol. The first-order valence-corrected chi connectivity index (χ1v) is 9.28. The number of hydrogen-bond donors (Lipinski definition) is 1. The maximum Gasteiger partial charge on any atom is 0.270 e. The van der Waals surface area contributed by atoms with Crippen molar-refractivity contribution in [2.24, 2.45) is 0 Å². The number of aliphatic hydroxyl groups excluding tert-OH is 1. The molecule has 148 valence electrons. The minimum absolute atomic E-state index is 0.0116. The molecule has 0 bridgehead atoms. The molecule has 0 aliphatic carbocycles. The zero-order valence-corrected chi connectivity index (χ0v) is 15.0. The van der Waals surface area contributed by atoms with Crippen LogP contribution < -0.4 is 4.31 Å². The van der Waals surface area contributed by atoms with E-state index in [-0.39, 0.29) is 31.7 Å². The molecule has 0 spiro atoms. The van der Waals surface area contributed by atoms with Crippen molar-refractivity contribution in [3.63, 3.8) is 0 Å². The number of sulfonamides is 1. The van der Waals surface area contributed by atoms with E-state index in [0.29, 0.717) is 4.31 Å². The lowest BCUT2D eigenvalue weighted by Crippen LogP contribution is -2.34. The standard InChI is InChI=1S/C17H16F5NO3S/c1-10-4-6-11(7-5-10)23(8-2-3-9-24)27(25,26)17-15(21)13(19)12(18)14(20)16(17)22/h4-7,24H,2-3,8-9H2,1H3. The lowest BCUT2D eigenvalue weighted by molar-refractivity contribution is 0.285. The van der Waals surface area contributed by atoms with Crippen LogP contribution in [-0.4, -0.2) is 26.7 Å². The van der Waals surface area contributed by atoms with Gasteiger partial charge in [0.2, 0.25) is 5.82 Å². The van der Waals surface area contributed by atoms with E-state index >= 15 is 0 Å². The fraction of sp³-hybridized carbons (Fsp3) is 0.294. The highest BCUT2D eigenvalue weighted by atomic mass is 32.2. The van der Waals surface area contributed by atoms with E-state index in [4.69, 9.17) is 5.11 Å². The third-order valence-electron chi connectivity index (χ3n) is 3.81. The zero-order valence-electron chi connectivity index (χ0n) is 14.1. The Morgan fingerprint density at radius 2 is 1.33 bits per heavy atom. The van der Waals surface area contributed by atoms with Gasteiger partial charge in [0.05, 0.1) is 5.69 Å². The molecule has 0 saturated heterocycles. The number of hydrogen-bond acceptors (Lipinski definition) is 3. The van der Waals surface area contributed by atoms with E-state index in [1.807, 2.05) is 0 Å². The van der Waals surface area contributed by atoms with Crippen molar-refractivity contribution < 1.29 is 35.5 Å². The summed E-state index contributed by atoms with van der Waals surface area (Å²) in [6, 6.07) is 5.75. The second kappa shape index (κ2) is 8.22. The molecule has 2 rings (SSSR count). The van der Waals surface area contributed by atoms with Gasteiger partial charge in [0.25, 0.3) is 10.0 Å². The molecule has 0 amide bonds. The smallest absolute Gasteiger partial charge is 0.270 e. The highest BCUT2D eigenvalue weighted by molar-refractivity contribution is 7.92. The molecule has 4 nitrogen and oxygen atoms in total. The largest absolute Gasteiger partial charge is 0.396 e. The van der Waals surface area contributed by atoms with Crippen molar-refractivity contribution in [3.05, 3.63) is 58.9 Å². The van der Waals surface area contributed by atoms with E-state index in [1.54, 1.807) is 6.92 Å². The number of rotatable bonds is 7. The number of aliphatic hydroxyl groups is 1. The Morgan fingerprint density at radius 3 is 1.81 bits per heavy atom. The highest BCUT2D eigenvalue weighted by Crippen LogP contribution is 2.31. The summed E-state index contributed by atoms with van der Waals surface area (Å²) < 4.78 is 94.5. The van der Waals surface area contributed by atoms with Crippen LogP contribution >= 0.6 is 0 Å². The summed E-state index contributed by atoms with van der Waals surface area (Å²) in [6.07, 6.45) is 0.272. The fourth-order valence-electron chi connectivity index (χ4n) is 2.39. The minimum atomic E-state index is -5.12. The number of unbranched alkanes of at least 4 members (excludes halogenated alkanes) is 1. The van der Waals surface area contributed by atoms with Gasteiger partial charge in [-0.3, -0.25) is 4.31 Å². The lowest BCUT2D eigenvalue weighted by Gasteiger charge is -2.25. The number of anilines is 1. The number of nitrogens with zero attached hydrogens (tertiary/aromatic N) is 1. The van der Waals surface area contributed by atoms with Crippen LogP contribution in [0.5, 0.6) is 0 Å². The van der Waals surface area contributed by atoms with Crippen LogP contribution in [0.3, 0.4) is 0 Å². The van der Waals surface area contributed by atoms with Crippen molar-refractivity contribution >= 4 is 15.7 Å². The van der Waals surface area contributed by atoms with Crippen LogP contribution in [0.15, 0.2) is 29.2 Å². The molecule has 0 aliphatic heterocycles. The summed E-state index contributed by atoms with van der Waals surface area (Å²) in [5.74, 6) is -12.0. The Morgan fingerprint density at radius 1 is 0.852 bits per heavy atom. The monoisotopic (exact) mass is 409 g/mol. The quantitative estimate of drug-likeness (QED) is 0.329. The van der Waals surface area contributed by atoms with Gasteiger partial charge in [-0.05, 0) is 31.9 Å². The molecule has 0 aromatic heterocycles. The van der Waals surface area contributed by atoms with Gasteiger partial charge >= 0.3 is 0 Å². The summed E-state index contributed by atoms with van der Waals surface area (Å²) in [5.41, 5.74) is 0.755. The van der Waals surface area contributed by atoms with Crippen molar-refractivity contribution in [1.29, 1.82) is 0 Å². The summed E-state index contributed by atoms with van der Waals surface area (Å²) >= 11 is 0. The molecule has 1 N–H and O–H groups in total. The van der Waals surface area contributed by atoms with Crippen LogP contribution in [0, 0.1) is 36.0 Å². The molecule has 2 aromatic rings. The SMILES string of the molecule is Cc1ccc(N(CCCCO)S(=O)(=O)c2c(F)c(F)c(F)c(F)c2F)cc1. The summed E-state index contributed by atoms with van der Waals surface area (Å²) in [7, 11) is -5.12. The third-order valence-corrected chi connectivity index (χ3v) is 5.66. The average Bonchev–Trinajstić information content (AvgIpc) is 2.63. The Hall–Kier alpha value is -2.20. The Balaban J connectivity index is 2.66. The van der Waals surface area contributed by atoms with Gasteiger partial charge in [0.1, 0.15) is 0 Å². The minimum Gasteiger partial charge on any atom is -0.396 e. The first kappa shape index (κ1) is 21.1. The predicted molar refractivity (Wildman–Crippen MR) is 88.3 cm³/mol. The van der Waals surface area contributed by atoms with E-state index < -0.39 is 44.0 Å². The molecular weight excluding hydrogens is 393 g/mol. The van der Waals surface area contributed by atoms with E-state index in [1.165, 1.54) is 24.3 Å². The Bertz CT molecular complexity index is 904. The summed E-state index contributed by atoms with van der Waals surface area (Å²) in [4.78, 5) is -1.91. The van der Waals surface area contributed by atoms with Crippen LogP contribution in [0.1, 0.15) is 18.4 Å². The van der Waals surface area contributed by atoms with Gasteiger partial charge in [0.15, 0.2) is 28.2 Å². The first-order valence-electron chi connectivity index (χ1n) is 7.84. The number of benzene rings is 2. The molecule has 0 radical (unpaired) electrons. The number of halogens is 5. The van der Waals surface area contributed by atoms with Crippen LogP contribution in [0.25, 0.3) is 0 Å². The maximum atomic E-state index is 14.1. The normalized spacial score (nSPS) is 11.7. The molecular formula is C17H16F5NO3S. The number of aryl methyl sites for hydroxylation is 1. The summed E-state index contributed by atoms with van der Waals surface area (Å²) in [5, 5.41) is 8.87. The zero-order chi connectivity index (χ0) is 20.4. The van der Waals surface area contributed by atoms with Crippen molar-refractivity contribution in [3.8, 4) is 0 Å². The van der Waals surface area contributed by atoms with Gasteiger partial charge in [-0.2, -0.15) is 0 Å². The van der Waals surface area contributed by atoms with Crippen LogP contribution in [0.4, 0.5) is 27.6 Å². The van der Waals surface area contributed by atoms with Crippen molar-refractivity contribution in [2.45, 2.75) is 24.7 Å². The van der Waals surface area contributed by atoms with Crippen molar-refractivity contribution in [1.82, 2.24) is 0 Å². The molecule has 0 heterocycles. The topological polar surface area (TPSA) is 57.6 Å². The molecule has 0 aliphatic rings. The predicted octanol–water partition coefficient (Wildman–Crippen LogP) is 3.66. The lowest BCUT2D eigenvalue weighted by atomic mass is 10.2. The van der Waals surface area contributed by atoms with Gasteiger partial charge in [0, 0.05) is 13.2 Å². The first-order chi connectivity index (χ1) is 12.6. The molecule has 0 unspecified atom stereocenters. The van der Waals surface area contributed by atoms with Crippen molar-refractivity contribution in [2.75, 3.05) is 17.5 Å². The fourth-order valence-corrected chi connectivity index (χ4v) is 4.01. The summed E-state index contributed by atoms with van der Waals surface area (Å²) in [6.45, 7) is 1.13. The molecule has 0 fully saturated rings. The highest BCUT2D eigenvalue weighted by Gasteiger charge is 2.37. The van der Waals surface area contributed by atoms with Gasteiger partial charge in [-0.1, -0.05) is 17.7 Å².